The standard InChI is InChI=1S/C13H27N3O2/c1-10-9-16(11(2)8-15-10)12(3)13(17)14-6-5-7-18-4/h10-12,15H,5-9H2,1-4H3,(H,14,17). The Kier molecular flexibility index (Phi) is 6.60. The lowest BCUT2D eigenvalue weighted by molar-refractivity contribution is -0.127. The van der Waals surface area contributed by atoms with E-state index in [2.05, 4.69) is 29.4 Å². The van der Waals surface area contributed by atoms with Crippen molar-refractivity contribution in [1.29, 1.82) is 0 Å². The summed E-state index contributed by atoms with van der Waals surface area (Å²) >= 11 is 0. The largest absolute Gasteiger partial charge is 0.385 e. The third-order valence-corrected chi connectivity index (χ3v) is 3.51. The molecule has 0 saturated carbocycles. The zero-order chi connectivity index (χ0) is 13.5. The second-order valence-corrected chi connectivity index (χ2v) is 5.17. The van der Waals surface area contributed by atoms with E-state index in [4.69, 9.17) is 4.74 Å². The van der Waals surface area contributed by atoms with Gasteiger partial charge < -0.3 is 15.4 Å². The van der Waals surface area contributed by atoms with Crippen LogP contribution in [0.25, 0.3) is 0 Å². The van der Waals surface area contributed by atoms with Gasteiger partial charge in [0.2, 0.25) is 5.91 Å². The van der Waals surface area contributed by atoms with Crippen LogP contribution < -0.4 is 10.6 Å². The molecule has 1 saturated heterocycles. The molecule has 0 radical (unpaired) electrons. The van der Waals surface area contributed by atoms with Gasteiger partial charge in [-0.05, 0) is 27.2 Å². The average molecular weight is 257 g/mol. The molecule has 1 aliphatic heterocycles. The van der Waals surface area contributed by atoms with Crippen LogP contribution >= 0.6 is 0 Å². The van der Waals surface area contributed by atoms with E-state index in [9.17, 15) is 4.79 Å². The fourth-order valence-electron chi connectivity index (χ4n) is 2.32. The van der Waals surface area contributed by atoms with E-state index in [1.807, 2.05) is 6.92 Å². The van der Waals surface area contributed by atoms with Gasteiger partial charge in [0.1, 0.15) is 0 Å². The highest BCUT2D eigenvalue weighted by Gasteiger charge is 2.29. The van der Waals surface area contributed by atoms with Crippen molar-refractivity contribution in [3.05, 3.63) is 0 Å². The zero-order valence-corrected chi connectivity index (χ0v) is 12.0. The zero-order valence-electron chi connectivity index (χ0n) is 12.0. The minimum absolute atomic E-state index is 0.0629. The molecule has 1 rings (SSSR count). The van der Waals surface area contributed by atoms with Gasteiger partial charge in [-0.15, -0.1) is 0 Å². The average Bonchev–Trinajstić information content (AvgIpc) is 2.36. The summed E-state index contributed by atoms with van der Waals surface area (Å²) in [5, 5.41) is 6.39. The Hall–Kier alpha value is -0.650. The van der Waals surface area contributed by atoms with Crippen molar-refractivity contribution < 1.29 is 9.53 Å². The lowest BCUT2D eigenvalue weighted by Gasteiger charge is -2.40. The summed E-state index contributed by atoms with van der Waals surface area (Å²) in [4.78, 5) is 14.3. The highest BCUT2D eigenvalue weighted by molar-refractivity contribution is 5.81. The monoisotopic (exact) mass is 257 g/mol. The van der Waals surface area contributed by atoms with E-state index in [1.54, 1.807) is 7.11 Å². The molecule has 0 aliphatic carbocycles. The summed E-state index contributed by atoms with van der Waals surface area (Å²) in [5.41, 5.74) is 0. The molecule has 106 valence electrons. The Balaban J connectivity index is 2.36. The fourth-order valence-corrected chi connectivity index (χ4v) is 2.32. The van der Waals surface area contributed by atoms with Gasteiger partial charge in [0, 0.05) is 45.4 Å². The maximum absolute atomic E-state index is 12.0. The van der Waals surface area contributed by atoms with Crippen molar-refractivity contribution in [2.45, 2.75) is 45.3 Å². The molecule has 1 amide bonds. The first-order valence-corrected chi connectivity index (χ1v) is 6.82. The van der Waals surface area contributed by atoms with Crippen LogP contribution in [0.2, 0.25) is 0 Å². The third kappa shape index (κ3) is 4.55. The second kappa shape index (κ2) is 7.71. The highest BCUT2D eigenvalue weighted by atomic mass is 16.5. The van der Waals surface area contributed by atoms with E-state index in [1.165, 1.54) is 0 Å². The van der Waals surface area contributed by atoms with Crippen molar-refractivity contribution in [3.63, 3.8) is 0 Å². The maximum atomic E-state index is 12.0. The molecule has 1 heterocycles. The van der Waals surface area contributed by atoms with E-state index in [0.717, 1.165) is 19.5 Å². The van der Waals surface area contributed by atoms with Crippen molar-refractivity contribution in [3.8, 4) is 0 Å². The minimum atomic E-state index is -0.0629. The van der Waals surface area contributed by atoms with Crippen molar-refractivity contribution in [1.82, 2.24) is 15.5 Å². The fraction of sp³-hybridized carbons (Fsp3) is 0.923. The molecule has 5 nitrogen and oxygen atoms in total. The number of carbonyl (C=O) groups excluding carboxylic acids is 1. The van der Waals surface area contributed by atoms with Crippen LogP contribution in [0.3, 0.4) is 0 Å². The number of ether oxygens (including phenoxy) is 1. The lowest BCUT2D eigenvalue weighted by Crippen LogP contribution is -2.60. The summed E-state index contributed by atoms with van der Waals surface area (Å²) in [6.07, 6.45) is 0.864. The second-order valence-electron chi connectivity index (χ2n) is 5.17. The Bertz CT molecular complexity index is 261. The molecule has 0 spiro atoms. The molecular weight excluding hydrogens is 230 g/mol. The predicted molar refractivity (Wildman–Crippen MR) is 72.6 cm³/mol. The molecule has 18 heavy (non-hydrogen) atoms. The summed E-state index contributed by atoms with van der Waals surface area (Å²) in [7, 11) is 1.67. The van der Waals surface area contributed by atoms with Gasteiger partial charge in [-0.25, -0.2) is 0 Å². The van der Waals surface area contributed by atoms with E-state index >= 15 is 0 Å². The van der Waals surface area contributed by atoms with Gasteiger partial charge in [-0.3, -0.25) is 9.69 Å². The smallest absolute Gasteiger partial charge is 0.237 e. The summed E-state index contributed by atoms with van der Waals surface area (Å²) in [6.45, 7) is 9.55. The summed E-state index contributed by atoms with van der Waals surface area (Å²) < 4.78 is 4.96. The third-order valence-electron chi connectivity index (χ3n) is 3.51. The van der Waals surface area contributed by atoms with E-state index in [0.29, 0.717) is 25.2 Å². The van der Waals surface area contributed by atoms with Crippen LogP contribution in [0.5, 0.6) is 0 Å². The van der Waals surface area contributed by atoms with Crippen LogP contribution in [0.15, 0.2) is 0 Å². The molecule has 3 unspecified atom stereocenters. The number of nitrogens with one attached hydrogen (secondary N) is 2. The number of hydrogen-bond donors (Lipinski definition) is 2. The van der Waals surface area contributed by atoms with Crippen LogP contribution in [0.4, 0.5) is 0 Å². The Morgan fingerprint density at radius 1 is 1.56 bits per heavy atom. The molecule has 1 aliphatic rings. The van der Waals surface area contributed by atoms with Crippen molar-refractivity contribution >= 4 is 5.91 Å². The molecule has 0 bridgehead atoms. The summed E-state index contributed by atoms with van der Waals surface area (Å²) in [5.74, 6) is 0.118. The van der Waals surface area contributed by atoms with Gasteiger partial charge in [0.15, 0.2) is 0 Å². The highest BCUT2D eigenvalue weighted by Crippen LogP contribution is 2.11. The SMILES string of the molecule is COCCCNC(=O)C(C)N1CC(C)NCC1C. The molecule has 0 aromatic carbocycles. The number of nitrogens with zero attached hydrogens (tertiary/aromatic N) is 1. The number of carbonyl (C=O) groups is 1. The number of amides is 1. The van der Waals surface area contributed by atoms with Crippen LogP contribution in [0.1, 0.15) is 27.2 Å². The van der Waals surface area contributed by atoms with Gasteiger partial charge in [-0.2, -0.15) is 0 Å². The molecule has 5 heteroatoms. The normalized spacial score (nSPS) is 26.9. The molecular formula is C13H27N3O2. The molecule has 1 fully saturated rings. The van der Waals surface area contributed by atoms with Crippen LogP contribution in [-0.2, 0) is 9.53 Å². The van der Waals surface area contributed by atoms with Crippen molar-refractivity contribution in [2.24, 2.45) is 0 Å². The van der Waals surface area contributed by atoms with Crippen LogP contribution in [-0.4, -0.2) is 62.3 Å². The molecule has 0 aromatic rings. The Labute approximate surface area is 110 Å². The van der Waals surface area contributed by atoms with Crippen molar-refractivity contribution in [2.75, 3.05) is 33.4 Å². The number of rotatable bonds is 6. The Morgan fingerprint density at radius 3 is 2.94 bits per heavy atom. The lowest BCUT2D eigenvalue weighted by atomic mass is 10.1. The number of methoxy groups -OCH3 is 1. The minimum Gasteiger partial charge on any atom is -0.385 e. The van der Waals surface area contributed by atoms with Gasteiger partial charge in [-0.1, -0.05) is 0 Å². The quantitative estimate of drug-likeness (QED) is 0.668. The first-order chi connectivity index (χ1) is 8.56. The first kappa shape index (κ1) is 15.4. The number of hydrogen-bond acceptors (Lipinski definition) is 4. The van der Waals surface area contributed by atoms with Gasteiger partial charge >= 0.3 is 0 Å². The van der Waals surface area contributed by atoms with Gasteiger partial charge in [0.05, 0.1) is 6.04 Å². The molecule has 2 N–H and O–H groups in total. The summed E-state index contributed by atoms with van der Waals surface area (Å²) in [6, 6.07) is 0.790. The van der Waals surface area contributed by atoms with Gasteiger partial charge in [0.25, 0.3) is 0 Å². The predicted octanol–water partition coefficient (Wildman–Crippen LogP) is 0.210. The van der Waals surface area contributed by atoms with E-state index in [-0.39, 0.29) is 11.9 Å². The topological polar surface area (TPSA) is 53.6 Å². The van der Waals surface area contributed by atoms with E-state index < -0.39 is 0 Å². The maximum Gasteiger partial charge on any atom is 0.237 e. The van der Waals surface area contributed by atoms with Crippen LogP contribution in [0, 0.1) is 0 Å². The number of piperazine rings is 1. The Morgan fingerprint density at radius 2 is 2.28 bits per heavy atom. The molecule has 3 atom stereocenters. The molecule has 0 aromatic heterocycles. The first-order valence-electron chi connectivity index (χ1n) is 6.82.